The van der Waals surface area contributed by atoms with Gasteiger partial charge in [-0.3, -0.25) is 0 Å². The van der Waals surface area contributed by atoms with Crippen LogP contribution < -0.4 is 5.73 Å². The first-order chi connectivity index (χ1) is 9.54. The summed E-state index contributed by atoms with van der Waals surface area (Å²) in [6, 6.07) is 6.75. The Morgan fingerprint density at radius 3 is 2.75 bits per heavy atom. The van der Waals surface area contributed by atoms with E-state index in [-0.39, 0.29) is 5.92 Å². The summed E-state index contributed by atoms with van der Waals surface area (Å²) in [5.41, 5.74) is 9.98. The van der Waals surface area contributed by atoms with Crippen molar-refractivity contribution in [2.24, 2.45) is 0 Å². The van der Waals surface area contributed by atoms with Gasteiger partial charge in [0, 0.05) is 5.92 Å². The minimum atomic E-state index is 0.266. The maximum atomic E-state index is 5.75. The molecule has 0 saturated carbocycles. The highest BCUT2D eigenvalue weighted by Crippen LogP contribution is 2.42. The molecular weight excluding hydrogens is 248 g/mol. The van der Waals surface area contributed by atoms with E-state index in [0.717, 1.165) is 18.7 Å². The topological polar surface area (TPSA) is 64.7 Å². The molecule has 0 fully saturated rings. The number of hydrogen-bond acceptors (Lipinski definition) is 4. The zero-order valence-electron chi connectivity index (χ0n) is 12.2. The fraction of sp³-hybridized carbons (Fsp3) is 0.438. The molecule has 0 bridgehead atoms. The van der Waals surface area contributed by atoms with Crippen molar-refractivity contribution < 1.29 is 0 Å². The number of rotatable bonds is 2. The first-order valence-corrected chi connectivity index (χ1v) is 7.12. The maximum absolute atomic E-state index is 5.75. The Morgan fingerprint density at radius 1 is 1.20 bits per heavy atom. The van der Waals surface area contributed by atoms with Crippen LogP contribution in [0.2, 0.25) is 0 Å². The normalized spacial score (nSPS) is 18.9. The minimum Gasteiger partial charge on any atom is -0.368 e. The lowest BCUT2D eigenvalue weighted by Gasteiger charge is -2.19. The molecule has 1 aliphatic carbocycles. The lowest BCUT2D eigenvalue weighted by atomic mass is 9.87. The molecule has 104 valence electrons. The number of benzene rings is 1. The first kappa shape index (κ1) is 13.0. The highest BCUT2D eigenvalue weighted by molar-refractivity contribution is 5.39. The van der Waals surface area contributed by atoms with E-state index in [1.54, 1.807) is 0 Å². The van der Waals surface area contributed by atoms with Crippen LogP contribution in [-0.2, 0) is 6.42 Å². The van der Waals surface area contributed by atoms with Crippen LogP contribution in [0.4, 0.5) is 5.95 Å². The number of anilines is 1. The summed E-state index contributed by atoms with van der Waals surface area (Å²) in [5.74, 6) is 2.58. The Kier molecular flexibility index (Phi) is 3.16. The first-order valence-electron chi connectivity index (χ1n) is 7.12. The van der Waals surface area contributed by atoms with Crippen LogP contribution in [0.1, 0.15) is 53.5 Å². The Balaban J connectivity index is 1.97. The van der Waals surface area contributed by atoms with Crippen LogP contribution in [0.25, 0.3) is 0 Å². The summed E-state index contributed by atoms with van der Waals surface area (Å²) in [6.45, 7) is 6.20. The van der Waals surface area contributed by atoms with Crippen LogP contribution in [0.3, 0.4) is 0 Å². The van der Waals surface area contributed by atoms with Gasteiger partial charge in [-0.05, 0) is 43.7 Å². The molecule has 4 nitrogen and oxygen atoms in total. The lowest BCUT2D eigenvalue weighted by molar-refractivity contribution is 0.542. The van der Waals surface area contributed by atoms with Crippen molar-refractivity contribution in [3.8, 4) is 0 Å². The van der Waals surface area contributed by atoms with Crippen molar-refractivity contribution >= 4 is 5.95 Å². The Labute approximate surface area is 119 Å². The van der Waals surface area contributed by atoms with E-state index >= 15 is 0 Å². The molecule has 0 aliphatic heterocycles. The number of nitrogens with two attached hydrogens (primary N) is 1. The van der Waals surface area contributed by atoms with Crippen LogP contribution in [0.15, 0.2) is 18.2 Å². The van der Waals surface area contributed by atoms with Gasteiger partial charge in [-0.2, -0.15) is 9.97 Å². The van der Waals surface area contributed by atoms with Gasteiger partial charge in [-0.15, -0.1) is 0 Å². The third-order valence-electron chi connectivity index (χ3n) is 4.22. The summed E-state index contributed by atoms with van der Waals surface area (Å²) in [7, 11) is 0. The van der Waals surface area contributed by atoms with Crippen molar-refractivity contribution in [2.45, 2.75) is 45.4 Å². The van der Waals surface area contributed by atoms with Gasteiger partial charge in [0.2, 0.25) is 5.95 Å². The summed E-state index contributed by atoms with van der Waals surface area (Å²) in [6.07, 6.45) is 2.30. The largest absolute Gasteiger partial charge is 0.368 e. The smallest absolute Gasteiger partial charge is 0.223 e. The molecule has 1 aliphatic rings. The maximum Gasteiger partial charge on any atom is 0.223 e. The summed E-state index contributed by atoms with van der Waals surface area (Å²) >= 11 is 0. The van der Waals surface area contributed by atoms with E-state index in [1.807, 2.05) is 6.92 Å². The molecule has 1 heterocycles. The fourth-order valence-electron chi connectivity index (χ4n) is 3.18. The van der Waals surface area contributed by atoms with Crippen molar-refractivity contribution in [1.82, 2.24) is 15.0 Å². The third-order valence-corrected chi connectivity index (χ3v) is 4.22. The second-order valence-electron chi connectivity index (χ2n) is 5.74. The van der Waals surface area contributed by atoms with Gasteiger partial charge in [-0.1, -0.05) is 30.7 Å². The van der Waals surface area contributed by atoms with Crippen molar-refractivity contribution in [3.63, 3.8) is 0 Å². The van der Waals surface area contributed by atoms with Crippen molar-refractivity contribution in [2.75, 3.05) is 5.73 Å². The van der Waals surface area contributed by atoms with Crippen LogP contribution >= 0.6 is 0 Å². The molecule has 3 rings (SSSR count). The predicted octanol–water partition coefficient (Wildman–Crippen LogP) is 2.90. The zero-order chi connectivity index (χ0) is 14.3. The molecule has 4 heteroatoms. The van der Waals surface area contributed by atoms with Gasteiger partial charge in [0.1, 0.15) is 11.6 Å². The molecule has 2 aromatic rings. The Morgan fingerprint density at radius 2 is 2.00 bits per heavy atom. The average Bonchev–Trinajstić information content (AvgIpc) is 2.79. The SMILES string of the molecule is Cc1ccc2c(c1)C(C(C)c1nc(C)nc(N)n1)CC2. The fourth-order valence-corrected chi connectivity index (χ4v) is 3.18. The van der Waals surface area contributed by atoms with Gasteiger partial charge in [0.15, 0.2) is 0 Å². The second kappa shape index (κ2) is 4.85. The van der Waals surface area contributed by atoms with Crippen molar-refractivity contribution in [1.29, 1.82) is 0 Å². The van der Waals surface area contributed by atoms with Crippen LogP contribution in [0, 0.1) is 13.8 Å². The molecule has 1 aromatic heterocycles. The van der Waals surface area contributed by atoms with E-state index in [2.05, 4.69) is 47.0 Å². The molecule has 0 saturated heterocycles. The highest BCUT2D eigenvalue weighted by atomic mass is 15.1. The standard InChI is InChI=1S/C16H20N4/c1-9-4-5-12-6-7-13(14(12)8-9)10(2)15-18-11(3)19-16(17)20-15/h4-5,8,10,13H,6-7H2,1-3H3,(H2,17,18,19,20). The number of fused-ring (bicyclic) bond motifs is 1. The Bertz CT molecular complexity index is 631. The molecule has 20 heavy (non-hydrogen) atoms. The van der Waals surface area contributed by atoms with E-state index in [4.69, 9.17) is 5.73 Å². The number of hydrogen-bond donors (Lipinski definition) is 1. The summed E-state index contributed by atoms with van der Waals surface area (Å²) < 4.78 is 0. The van der Waals surface area contributed by atoms with Gasteiger partial charge < -0.3 is 5.73 Å². The summed E-state index contributed by atoms with van der Waals surface area (Å²) in [5, 5.41) is 0. The summed E-state index contributed by atoms with van der Waals surface area (Å²) in [4.78, 5) is 12.9. The molecule has 1 aromatic carbocycles. The number of nitrogen functional groups attached to an aromatic ring is 1. The molecule has 2 unspecified atom stereocenters. The lowest BCUT2D eigenvalue weighted by Crippen LogP contribution is -2.13. The molecule has 2 atom stereocenters. The van der Waals surface area contributed by atoms with Gasteiger partial charge >= 0.3 is 0 Å². The highest BCUT2D eigenvalue weighted by Gasteiger charge is 2.30. The van der Waals surface area contributed by atoms with Crippen LogP contribution in [-0.4, -0.2) is 15.0 Å². The molecule has 2 N–H and O–H groups in total. The van der Waals surface area contributed by atoms with E-state index in [1.165, 1.54) is 16.7 Å². The third kappa shape index (κ3) is 2.26. The monoisotopic (exact) mass is 268 g/mol. The van der Waals surface area contributed by atoms with Crippen molar-refractivity contribution in [3.05, 3.63) is 46.5 Å². The average molecular weight is 268 g/mol. The van der Waals surface area contributed by atoms with Gasteiger partial charge in [0.25, 0.3) is 0 Å². The van der Waals surface area contributed by atoms with Gasteiger partial charge in [0.05, 0.1) is 0 Å². The van der Waals surface area contributed by atoms with E-state index in [9.17, 15) is 0 Å². The van der Waals surface area contributed by atoms with E-state index < -0.39 is 0 Å². The minimum absolute atomic E-state index is 0.266. The number of nitrogens with zero attached hydrogens (tertiary/aromatic N) is 3. The second-order valence-corrected chi connectivity index (χ2v) is 5.74. The molecule has 0 radical (unpaired) electrons. The number of aryl methyl sites for hydroxylation is 3. The van der Waals surface area contributed by atoms with Gasteiger partial charge in [-0.25, -0.2) is 4.98 Å². The zero-order valence-corrected chi connectivity index (χ0v) is 12.2. The molecular formula is C16H20N4. The molecule has 0 amide bonds. The van der Waals surface area contributed by atoms with Crippen LogP contribution in [0.5, 0.6) is 0 Å². The number of aromatic nitrogens is 3. The quantitative estimate of drug-likeness (QED) is 0.909. The molecule has 0 spiro atoms. The van der Waals surface area contributed by atoms with E-state index in [0.29, 0.717) is 17.7 Å². The predicted molar refractivity (Wildman–Crippen MR) is 79.6 cm³/mol. The Hall–Kier alpha value is -1.97.